The highest BCUT2D eigenvalue weighted by Gasteiger charge is 2.31. The summed E-state index contributed by atoms with van der Waals surface area (Å²) in [5, 5.41) is 3.58. The van der Waals surface area contributed by atoms with Gasteiger partial charge < -0.3 is 5.32 Å². The average Bonchev–Trinajstić information content (AvgIpc) is 3.18. The Kier molecular flexibility index (Phi) is 5.27. The van der Waals surface area contributed by atoms with Crippen LogP contribution >= 0.6 is 0 Å². The molecular formula is C16H33N3. The van der Waals surface area contributed by atoms with Crippen molar-refractivity contribution >= 4 is 0 Å². The minimum atomic E-state index is 0.263. The highest BCUT2D eigenvalue weighted by molar-refractivity contribution is 4.88. The van der Waals surface area contributed by atoms with Gasteiger partial charge in [-0.15, -0.1) is 0 Å². The summed E-state index contributed by atoms with van der Waals surface area (Å²) in [7, 11) is 0. The summed E-state index contributed by atoms with van der Waals surface area (Å²) in [6.45, 7) is 15.5. The predicted octanol–water partition coefficient (Wildman–Crippen LogP) is 2.32. The molecule has 3 nitrogen and oxygen atoms in total. The van der Waals surface area contributed by atoms with E-state index in [4.69, 9.17) is 0 Å². The lowest BCUT2D eigenvalue weighted by atomic mass is 10.1. The zero-order chi connectivity index (χ0) is 13.9. The first-order valence-electron chi connectivity index (χ1n) is 8.19. The van der Waals surface area contributed by atoms with Crippen LogP contribution in [-0.4, -0.2) is 60.1 Å². The van der Waals surface area contributed by atoms with E-state index in [-0.39, 0.29) is 5.54 Å². The maximum Gasteiger partial charge on any atom is 0.0113 e. The maximum atomic E-state index is 3.58. The van der Waals surface area contributed by atoms with Crippen LogP contribution in [0, 0.1) is 0 Å². The predicted molar refractivity (Wildman–Crippen MR) is 82.6 cm³/mol. The summed E-state index contributed by atoms with van der Waals surface area (Å²) in [6, 6.07) is 1.71. The molecule has 1 aliphatic carbocycles. The van der Waals surface area contributed by atoms with E-state index in [0.717, 1.165) is 18.6 Å². The molecule has 3 heteroatoms. The summed E-state index contributed by atoms with van der Waals surface area (Å²) in [6.07, 6.45) is 5.52. The van der Waals surface area contributed by atoms with Crippen molar-refractivity contribution in [3.05, 3.63) is 0 Å². The van der Waals surface area contributed by atoms with E-state index in [1.807, 2.05) is 0 Å². The zero-order valence-electron chi connectivity index (χ0n) is 13.4. The number of hydrogen-bond acceptors (Lipinski definition) is 3. The number of hydrogen-bond donors (Lipinski definition) is 1. The van der Waals surface area contributed by atoms with Crippen LogP contribution in [0.4, 0.5) is 0 Å². The van der Waals surface area contributed by atoms with Crippen LogP contribution in [0.3, 0.4) is 0 Å². The van der Waals surface area contributed by atoms with Gasteiger partial charge in [0.25, 0.3) is 0 Å². The Morgan fingerprint density at radius 2 is 1.74 bits per heavy atom. The molecule has 1 aliphatic heterocycles. The van der Waals surface area contributed by atoms with Crippen LogP contribution in [0.5, 0.6) is 0 Å². The Balaban J connectivity index is 1.57. The number of piperazine rings is 1. The summed E-state index contributed by atoms with van der Waals surface area (Å²) in [4.78, 5) is 5.39. The molecule has 2 aliphatic rings. The monoisotopic (exact) mass is 267 g/mol. The normalized spacial score (nSPS) is 24.6. The van der Waals surface area contributed by atoms with Crippen LogP contribution in [0.25, 0.3) is 0 Å². The molecule has 0 spiro atoms. The smallest absolute Gasteiger partial charge is 0.0113 e. The highest BCUT2D eigenvalue weighted by atomic mass is 15.3. The van der Waals surface area contributed by atoms with Gasteiger partial charge in [-0.3, -0.25) is 9.80 Å². The Hall–Kier alpha value is -0.120. The van der Waals surface area contributed by atoms with E-state index in [1.165, 1.54) is 51.9 Å². The standard InChI is InChI=1S/C16H33N3/c1-14(6-5-9-17-16(2,3)4)18-10-12-19(13-11-18)15-7-8-15/h14-15,17H,5-13H2,1-4H3. The zero-order valence-corrected chi connectivity index (χ0v) is 13.4. The summed E-state index contributed by atoms with van der Waals surface area (Å²) < 4.78 is 0. The molecule has 112 valence electrons. The number of nitrogens with one attached hydrogen (secondary N) is 1. The molecule has 19 heavy (non-hydrogen) atoms. The van der Waals surface area contributed by atoms with Gasteiger partial charge in [-0.2, -0.15) is 0 Å². The van der Waals surface area contributed by atoms with Crippen molar-refractivity contribution < 1.29 is 0 Å². The molecule has 0 aromatic heterocycles. The van der Waals surface area contributed by atoms with Crippen LogP contribution < -0.4 is 5.32 Å². The van der Waals surface area contributed by atoms with Crippen molar-refractivity contribution in [1.29, 1.82) is 0 Å². The van der Waals surface area contributed by atoms with Crippen molar-refractivity contribution in [3.8, 4) is 0 Å². The SMILES string of the molecule is CC(CCCNC(C)(C)C)N1CCN(C2CC2)CC1. The van der Waals surface area contributed by atoms with Gasteiger partial charge in [0.2, 0.25) is 0 Å². The molecule has 0 bridgehead atoms. The van der Waals surface area contributed by atoms with Crippen molar-refractivity contribution in [1.82, 2.24) is 15.1 Å². The Morgan fingerprint density at radius 1 is 1.11 bits per heavy atom. The molecule has 0 aromatic rings. The van der Waals surface area contributed by atoms with Gasteiger partial charge >= 0.3 is 0 Å². The van der Waals surface area contributed by atoms with Gasteiger partial charge in [0.05, 0.1) is 0 Å². The first-order chi connectivity index (χ1) is 8.96. The van der Waals surface area contributed by atoms with Gasteiger partial charge in [-0.25, -0.2) is 0 Å². The third-order valence-corrected chi connectivity index (χ3v) is 4.49. The van der Waals surface area contributed by atoms with E-state index in [0.29, 0.717) is 0 Å². The van der Waals surface area contributed by atoms with Crippen LogP contribution in [0.15, 0.2) is 0 Å². The molecule has 0 aromatic carbocycles. The summed E-state index contributed by atoms with van der Waals surface area (Å²) in [5.41, 5.74) is 0.263. The van der Waals surface area contributed by atoms with Crippen LogP contribution in [-0.2, 0) is 0 Å². The molecule has 0 radical (unpaired) electrons. The fraction of sp³-hybridized carbons (Fsp3) is 1.00. The van der Waals surface area contributed by atoms with E-state index in [9.17, 15) is 0 Å². The molecule has 1 atom stereocenters. The molecule has 1 saturated carbocycles. The van der Waals surface area contributed by atoms with E-state index in [2.05, 4.69) is 42.8 Å². The van der Waals surface area contributed by atoms with Crippen molar-refractivity contribution in [2.24, 2.45) is 0 Å². The van der Waals surface area contributed by atoms with E-state index in [1.54, 1.807) is 0 Å². The Bertz CT molecular complexity index is 260. The van der Waals surface area contributed by atoms with Gasteiger partial charge in [0.1, 0.15) is 0 Å². The van der Waals surface area contributed by atoms with E-state index < -0.39 is 0 Å². The maximum absolute atomic E-state index is 3.58. The third-order valence-electron chi connectivity index (χ3n) is 4.49. The number of rotatable bonds is 6. The average molecular weight is 267 g/mol. The molecule has 1 saturated heterocycles. The van der Waals surface area contributed by atoms with Crippen LogP contribution in [0.2, 0.25) is 0 Å². The fourth-order valence-corrected chi connectivity index (χ4v) is 3.03. The molecule has 0 amide bonds. The van der Waals surface area contributed by atoms with Crippen molar-refractivity contribution in [2.75, 3.05) is 32.7 Å². The topological polar surface area (TPSA) is 18.5 Å². The van der Waals surface area contributed by atoms with Gasteiger partial charge in [-0.05, 0) is 59.9 Å². The van der Waals surface area contributed by atoms with Gasteiger partial charge in [0.15, 0.2) is 0 Å². The van der Waals surface area contributed by atoms with Gasteiger partial charge in [0, 0.05) is 43.8 Å². The van der Waals surface area contributed by atoms with Crippen molar-refractivity contribution in [2.45, 2.75) is 71.0 Å². The first-order valence-corrected chi connectivity index (χ1v) is 8.19. The van der Waals surface area contributed by atoms with Crippen molar-refractivity contribution in [3.63, 3.8) is 0 Å². The fourth-order valence-electron chi connectivity index (χ4n) is 3.03. The minimum Gasteiger partial charge on any atom is -0.312 e. The third kappa shape index (κ3) is 5.41. The first kappa shape index (κ1) is 15.3. The van der Waals surface area contributed by atoms with E-state index >= 15 is 0 Å². The molecule has 2 fully saturated rings. The Labute approximate surface area is 119 Å². The lowest BCUT2D eigenvalue weighted by molar-refractivity contribution is 0.0932. The largest absolute Gasteiger partial charge is 0.312 e. The molecular weight excluding hydrogens is 234 g/mol. The second kappa shape index (κ2) is 6.55. The quantitative estimate of drug-likeness (QED) is 0.745. The summed E-state index contributed by atoms with van der Waals surface area (Å²) >= 11 is 0. The molecule has 2 rings (SSSR count). The van der Waals surface area contributed by atoms with Gasteiger partial charge in [-0.1, -0.05) is 0 Å². The molecule has 1 unspecified atom stereocenters. The lowest BCUT2D eigenvalue weighted by Gasteiger charge is -2.38. The minimum absolute atomic E-state index is 0.263. The lowest BCUT2D eigenvalue weighted by Crippen LogP contribution is -2.50. The second-order valence-corrected chi connectivity index (χ2v) is 7.47. The second-order valence-electron chi connectivity index (χ2n) is 7.47. The molecule has 1 N–H and O–H groups in total. The number of nitrogens with zero attached hydrogens (tertiary/aromatic N) is 2. The summed E-state index contributed by atoms with van der Waals surface area (Å²) in [5.74, 6) is 0. The molecule has 1 heterocycles. The van der Waals surface area contributed by atoms with Crippen LogP contribution in [0.1, 0.15) is 53.4 Å². The Morgan fingerprint density at radius 3 is 2.26 bits per heavy atom. The highest BCUT2D eigenvalue weighted by Crippen LogP contribution is 2.27.